The van der Waals surface area contributed by atoms with Crippen molar-refractivity contribution in [2.45, 2.75) is 33.1 Å². The zero-order valence-corrected chi connectivity index (χ0v) is 10.6. The van der Waals surface area contributed by atoms with Crippen molar-refractivity contribution in [1.29, 1.82) is 0 Å². The normalized spacial score (nSPS) is 11.3. The fourth-order valence-corrected chi connectivity index (χ4v) is 1.80. The minimum Gasteiger partial charge on any atom is -0.361 e. The largest absolute Gasteiger partial charge is 0.361 e. The molecule has 0 aliphatic heterocycles. The Bertz CT molecular complexity index is 290. The minimum absolute atomic E-state index is 0.789. The summed E-state index contributed by atoms with van der Waals surface area (Å²) in [6.07, 6.45) is 3.30. The third-order valence-electron chi connectivity index (χ3n) is 2.92. The van der Waals surface area contributed by atoms with Gasteiger partial charge in [0.05, 0.1) is 5.69 Å². The van der Waals surface area contributed by atoms with E-state index < -0.39 is 0 Å². The van der Waals surface area contributed by atoms with Gasteiger partial charge in [-0.3, -0.25) is 0 Å². The minimum atomic E-state index is 0.789. The van der Waals surface area contributed by atoms with Gasteiger partial charge in [0.15, 0.2) is 0 Å². The van der Waals surface area contributed by atoms with Crippen molar-refractivity contribution >= 4 is 0 Å². The third kappa shape index (κ3) is 3.94. The molecule has 1 aromatic rings. The quantitative estimate of drug-likeness (QED) is 0.715. The first-order valence-corrected chi connectivity index (χ1v) is 5.95. The molecule has 0 unspecified atom stereocenters. The van der Waals surface area contributed by atoms with Crippen molar-refractivity contribution in [2.75, 3.05) is 26.7 Å². The number of hydrogen-bond acceptors (Lipinski definition) is 4. The molecule has 1 aromatic heterocycles. The zero-order chi connectivity index (χ0) is 12.0. The highest BCUT2D eigenvalue weighted by Crippen LogP contribution is 2.13. The van der Waals surface area contributed by atoms with Crippen LogP contribution in [-0.4, -0.2) is 36.7 Å². The molecular weight excluding hydrogens is 202 g/mol. The first-order chi connectivity index (χ1) is 7.65. The maximum Gasteiger partial charge on any atom is 0.137 e. The van der Waals surface area contributed by atoms with Crippen LogP contribution < -0.4 is 5.73 Å². The lowest BCUT2D eigenvalue weighted by Gasteiger charge is -2.15. The topological polar surface area (TPSA) is 55.3 Å². The van der Waals surface area contributed by atoms with E-state index in [4.69, 9.17) is 10.3 Å². The van der Waals surface area contributed by atoms with E-state index in [1.807, 2.05) is 13.8 Å². The second kappa shape index (κ2) is 6.66. The molecule has 16 heavy (non-hydrogen) atoms. The van der Waals surface area contributed by atoms with Crippen molar-refractivity contribution in [3.8, 4) is 0 Å². The molecular formula is C12H23N3O. The van der Waals surface area contributed by atoms with E-state index in [0.717, 1.165) is 43.9 Å². The summed E-state index contributed by atoms with van der Waals surface area (Å²) in [7, 11) is 2.15. The van der Waals surface area contributed by atoms with E-state index in [2.05, 4.69) is 17.1 Å². The van der Waals surface area contributed by atoms with Crippen LogP contribution in [0.4, 0.5) is 0 Å². The maximum atomic E-state index is 5.47. The van der Waals surface area contributed by atoms with E-state index in [1.54, 1.807) is 0 Å². The molecule has 0 aliphatic rings. The van der Waals surface area contributed by atoms with Crippen molar-refractivity contribution in [3.05, 3.63) is 17.0 Å². The lowest BCUT2D eigenvalue weighted by Crippen LogP contribution is -2.23. The number of aryl methyl sites for hydroxylation is 2. The molecule has 0 aliphatic carbocycles. The Morgan fingerprint density at radius 2 is 2.00 bits per heavy atom. The van der Waals surface area contributed by atoms with Gasteiger partial charge in [-0.05, 0) is 53.2 Å². The molecule has 0 fully saturated rings. The van der Waals surface area contributed by atoms with Gasteiger partial charge in [0.2, 0.25) is 0 Å². The van der Waals surface area contributed by atoms with Crippen LogP contribution in [0.3, 0.4) is 0 Å². The van der Waals surface area contributed by atoms with Crippen molar-refractivity contribution in [2.24, 2.45) is 5.73 Å². The number of hydrogen-bond donors (Lipinski definition) is 1. The molecule has 0 atom stereocenters. The van der Waals surface area contributed by atoms with Crippen molar-refractivity contribution in [3.63, 3.8) is 0 Å². The summed E-state index contributed by atoms with van der Waals surface area (Å²) in [6.45, 7) is 6.93. The number of nitrogens with zero attached hydrogens (tertiary/aromatic N) is 2. The lowest BCUT2D eigenvalue weighted by atomic mass is 10.1. The summed E-state index contributed by atoms with van der Waals surface area (Å²) in [5.74, 6) is 0.952. The first kappa shape index (κ1) is 13.2. The molecule has 0 radical (unpaired) electrons. The second-order valence-corrected chi connectivity index (χ2v) is 4.35. The molecule has 0 bridgehead atoms. The fourth-order valence-electron chi connectivity index (χ4n) is 1.80. The van der Waals surface area contributed by atoms with Gasteiger partial charge in [-0.2, -0.15) is 0 Å². The molecule has 1 rings (SSSR count). The highest BCUT2D eigenvalue weighted by molar-refractivity contribution is 5.20. The Labute approximate surface area is 97.8 Å². The number of likely N-dealkylation sites (N-methyl/N-ethyl adjacent to an activating group) is 1. The SMILES string of the molecule is Cc1noc(C)c1CCN(C)CCCCN. The van der Waals surface area contributed by atoms with Crippen LogP contribution in [0.25, 0.3) is 0 Å². The Kier molecular flexibility index (Phi) is 5.49. The van der Waals surface area contributed by atoms with Crippen LogP contribution in [0.2, 0.25) is 0 Å². The molecule has 4 heteroatoms. The van der Waals surface area contributed by atoms with Gasteiger partial charge in [-0.25, -0.2) is 0 Å². The molecule has 92 valence electrons. The van der Waals surface area contributed by atoms with Gasteiger partial charge in [0.1, 0.15) is 5.76 Å². The monoisotopic (exact) mass is 225 g/mol. The van der Waals surface area contributed by atoms with E-state index in [9.17, 15) is 0 Å². The second-order valence-electron chi connectivity index (χ2n) is 4.35. The Balaban J connectivity index is 2.28. The van der Waals surface area contributed by atoms with Gasteiger partial charge >= 0.3 is 0 Å². The Morgan fingerprint density at radius 1 is 1.25 bits per heavy atom. The summed E-state index contributed by atoms with van der Waals surface area (Å²) >= 11 is 0. The predicted molar refractivity (Wildman–Crippen MR) is 65.5 cm³/mol. The van der Waals surface area contributed by atoms with E-state index in [0.29, 0.717) is 0 Å². The average molecular weight is 225 g/mol. The van der Waals surface area contributed by atoms with Crippen LogP contribution in [0.5, 0.6) is 0 Å². The van der Waals surface area contributed by atoms with Gasteiger partial charge in [0, 0.05) is 12.1 Å². The number of aromatic nitrogens is 1. The predicted octanol–water partition coefficient (Wildman–Crippen LogP) is 1.50. The van der Waals surface area contributed by atoms with Gasteiger partial charge in [-0.1, -0.05) is 5.16 Å². The summed E-state index contributed by atoms with van der Waals surface area (Å²) < 4.78 is 5.14. The van der Waals surface area contributed by atoms with Crippen LogP contribution in [-0.2, 0) is 6.42 Å². The summed E-state index contributed by atoms with van der Waals surface area (Å²) in [4.78, 5) is 2.33. The highest BCUT2D eigenvalue weighted by Gasteiger charge is 2.09. The van der Waals surface area contributed by atoms with Crippen LogP contribution >= 0.6 is 0 Å². The molecule has 0 saturated carbocycles. The van der Waals surface area contributed by atoms with Crippen LogP contribution in [0, 0.1) is 13.8 Å². The molecule has 0 spiro atoms. The smallest absolute Gasteiger partial charge is 0.137 e. The van der Waals surface area contributed by atoms with Crippen molar-refractivity contribution < 1.29 is 4.52 Å². The van der Waals surface area contributed by atoms with Gasteiger partial charge in [0.25, 0.3) is 0 Å². The molecule has 0 amide bonds. The number of rotatable bonds is 7. The lowest BCUT2D eigenvalue weighted by molar-refractivity contribution is 0.329. The molecule has 0 aromatic carbocycles. The standard InChI is InChI=1S/C12H23N3O/c1-10-12(11(2)16-14-10)6-9-15(3)8-5-4-7-13/h4-9,13H2,1-3H3. The Morgan fingerprint density at radius 3 is 2.56 bits per heavy atom. The summed E-state index contributed by atoms with van der Waals surface area (Å²) in [5, 5.41) is 3.96. The van der Waals surface area contributed by atoms with Crippen LogP contribution in [0.1, 0.15) is 29.9 Å². The molecule has 0 saturated heterocycles. The van der Waals surface area contributed by atoms with E-state index in [-0.39, 0.29) is 0 Å². The van der Waals surface area contributed by atoms with Crippen LogP contribution in [0.15, 0.2) is 4.52 Å². The number of unbranched alkanes of at least 4 members (excludes halogenated alkanes) is 1. The Hall–Kier alpha value is -0.870. The molecule has 1 heterocycles. The number of nitrogens with two attached hydrogens (primary N) is 1. The third-order valence-corrected chi connectivity index (χ3v) is 2.92. The average Bonchev–Trinajstić information content (AvgIpc) is 2.57. The summed E-state index contributed by atoms with van der Waals surface area (Å²) in [5.41, 5.74) is 7.74. The maximum absolute atomic E-state index is 5.47. The van der Waals surface area contributed by atoms with Gasteiger partial charge < -0.3 is 15.2 Å². The zero-order valence-electron chi connectivity index (χ0n) is 10.6. The van der Waals surface area contributed by atoms with E-state index >= 15 is 0 Å². The highest BCUT2D eigenvalue weighted by atomic mass is 16.5. The summed E-state index contributed by atoms with van der Waals surface area (Å²) in [6, 6.07) is 0. The van der Waals surface area contributed by atoms with Crippen molar-refractivity contribution in [1.82, 2.24) is 10.1 Å². The first-order valence-electron chi connectivity index (χ1n) is 5.95. The van der Waals surface area contributed by atoms with Gasteiger partial charge in [-0.15, -0.1) is 0 Å². The molecule has 2 N–H and O–H groups in total. The molecule has 4 nitrogen and oxygen atoms in total. The van der Waals surface area contributed by atoms with E-state index in [1.165, 1.54) is 12.0 Å². The fraction of sp³-hybridized carbons (Fsp3) is 0.750.